The highest BCUT2D eigenvalue weighted by Crippen LogP contribution is 2.50. The average Bonchev–Trinajstić information content (AvgIpc) is 2.78. The summed E-state index contributed by atoms with van der Waals surface area (Å²) in [6, 6.07) is 8.49. The van der Waals surface area contributed by atoms with Gasteiger partial charge in [-0.05, 0) is 12.1 Å². The van der Waals surface area contributed by atoms with Crippen LogP contribution < -0.4 is 23.7 Å². The summed E-state index contributed by atoms with van der Waals surface area (Å²) < 4.78 is 39.1. The lowest BCUT2D eigenvalue weighted by molar-refractivity contribution is -0.178. The van der Waals surface area contributed by atoms with Gasteiger partial charge in [-0.3, -0.25) is 9.59 Å². The predicted octanol–water partition coefficient (Wildman–Crippen LogP) is 3.39. The van der Waals surface area contributed by atoms with Crippen molar-refractivity contribution in [2.24, 2.45) is 0 Å². The Morgan fingerprint density at radius 2 is 1.44 bits per heavy atom. The molecule has 9 heteroatoms. The summed E-state index contributed by atoms with van der Waals surface area (Å²) in [7, 11) is 6.03. The molecule has 32 heavy (non-hydrogen) atoms. The highest BCUT2D eigenvalue weighted by molar-refractivity contribution is 5.69. The molecule has 0 N–H and O–H groups in total. The molecule has 0 fully saturated rings. The summed E-state index contributed by atoms with van der Waals surface area (Å²) in [6.07, 6.45) is -2.81. The molecule has 1 aliphatic rings. The molecule has 0 aliphatic carbocycles. The molecule has 0 saturated heterocycles. The van der Waals surface area contributed by atoms with Crippen LogP contribution in [0.4, 0.5) is 0 Å². The topological polar surface area (TPSA) is 98.8 Å². The lowest BCUT2D eigenvalue weighted by Crippen LogP contribution is -2.39. The molecule has 0 amide bonds. The van der Waals surface area contributed by atoms with Crippen molar-refractivity contribution in [3.8, 4) is 28.7 Å². The maximum absolute atomic E-state index is 12.0. The minimum absolute atomic E-state index is 0.369. The van der Waals surface area contributed by atoms with Gasteiger partial charge in [-0.25, -0.2) is 0 Å². The average molecular weight is 446 g/mol. The molecule has 9 nitrogen and oxygen atoms in total. The standard InChI is InChI=1S/C23H26O9/c1-12(24)30-22-20-18(29-6)10-15(26-3)11-19(20)32-21(23(22)31-13(2)25)14-7-8-16(27-4)17(9-14)28-5/h7-11,21-23H,1-6H3/t21-,22-,23-/m1/s1. The molecule has 172 valence electrons. The van der Waals surface area contributed by atoms with E-state index in [0.717, 1.165) is 0 Å². The van der Waals surface area contributed by atoms with Crippen molar-refractivity contribution in [1.82, 2.24) is 0 Å². The Hall–Kier alpha value is -3.62. The first-order chi connectivity index (χ1) is 15.3. The quantitative estimate of drug-likeness (QED) is 0.593. The Kier molecular flexibility index (Phi) is 6.97. The van der Waals surface area contributed by atoms with Gasteiger partial charge in [-0.1, -0.05) is 6.07 Å². The molecule has 3 atom stereocenters. The second kappa shape index (κ2) is 9.67. The first-order valence-corrected chi connectivity index (χ1v) is 9.81. The van der Waals surface area contributed by atoms with Crippen LogP contribution >= 0.6 is 0 Å². The van der Waals surface area contributed by atoms with Gasteiger partial charge < -0.3 is 33.2 Å². The molecule has 0 bridgehead atoms. The van der Waals surface area contributed by atoms with Crippen molar-refractivity contribution < 1.29 is 42.7 Å². The first-order valence-electron chi connectivity index (χ1n) is 9.81. The summed E-state index contributed by atoms with van der Waals surface area (Å²) >= 11 is 0. The van der Waals surface area contributed by atoms with Crippen molar-refractivity contribution in [2.75, 3.05) is 28.4 Å². The molecule has 1 aliphatic heterocycles. The van der Waals surface area contributed by atoms with Crippen LogP contribution in [-0.2, 0) is 19.1 Å². The molecule has 2 aromatic carbocycles. The summed E-state index contributed by atoms with van der Waals surface area (Å²) in [5.41, 5.74) is 1.06. The van der Waals surface area contributed by atoms with E-state index in [2.05, 4.69) is 0 Å². The second-order valence-electron chi connectivity index (χ2n) is 7.00. The molecule has 0 unspecified atom stereocenters. The van der Waals surface area contributed by atoms with Crippen molar-refractivity contribution in [3.63, 3.8) is 0 Å². The Labute approximate surface area is 186 Å². The zero-order valence-electron chi connectivity index (χ0n) is 18.8. The third-order valence-electron chi connectivity index (χ3n) is 5.00. The lowest BCUT2D eigenvalue weighted by atomic mass is 9.90. The second-order valence-corrected chi connectivity index (χ2v) is 7.00. The SMILES string of the molecule is COc1cc(OC)c2c(c1)O[C@H](c1ccc(OC)c(OC)c1)[C@@H](OC(C)=O)[C@@H]2OC(C)=O. The summed E-state index contributed by atoms with van der Waals surface area (Å²) in [5.74, 6) is 1.11. The molecule has 0 spiro atoms. The third-order valence-corrected chi connectivity index (χ3v) is 5.00. The van der Waals surface area contributed by atoms with Gasteiger partial charge >= 0.3 is 11.9 Å². The van der Waals surface area contributed by atoms with Gasteiger partial charge in [0.05, 0.1) is 34.0 Å². The van der Waals surface area contributed by atoms with E-state index in [0.29, 0.717) is 39.9 Å². The number of hydrogen-bond donors (Lipinski definition) is 0. The molecular weight excluding hydrogens is 420 g/mol. The smallest absolute Gasteiger partial charge is 0.303 e. The lowest BCUT2D eigenvalue weighted by Gasteiger charge is -2.39. The van der Waals surface area contributed by atoms with E-state index >= 15 is 0 Å². The fraction of sp³-hybridized carbons (Fsp3) is 0.391. The number of esters is 2. The highest BCUT2D eigenvalue weighted by atomic mass is 16.6. The van der Waals surface area contributed by atoms with E-state index in [1.165, 1.54) is 42.3 Å². The zero-order valence-corrected chi connectivity index (χ0v) is 18.8. The van der Waals surface area contributed by atoms with Crippen LogP contribution in [0.3, 0.4) is 0 Å². The Balaban J connectivity index is 2.21. The molecule has 1 heterocycles. The summed E-state index contributed by atoms with van der Waals surface area (Å²) in [6.45, 7) is 2.55. The van der Waals surface area contributed by atoms with Gasteiger partial charge in [0, 0.05) is 31.5 Å². The van der Waals surface area contributed by atoms with E-state index < -0.39 is 30.3 Å². The van der Waals surface area contributed by atoms with Crippen molar-refractivity contribution in [2.45, 2.75) is 32.2 Å². The van der Waals surface area contributed by atoms with Crippen LogP contribution in [0.25, 0.3) is 0 Å². The van der Waals surface area contributed by atoms with Crippen molar-refractivity contribution >= 4 is 11.9 Å². The maximum Gasteiger partial charge on any atom is 0.303 e. The van der Waals surface area contributed by atoms with Gasteiger partial charge in [0.2, 0.25) is 0 Å². The monoisotopic (exact) mass is 446 g/mol. The number of benzene rings is 2. The highest BCUT2D eigenvalue weighted by Gasteiger charge is 2.46. The van der Waals surface area contributed by atoms with Crippen LogP contribution in [0, 0.1) is 0 Å². The Bertz CT molecular complexity index is 1000. The van der Waals surface area contributed by atoms with Crippen molar-refractivity contribution in [3.05, 3.63) is 41.5 Å². The van der Waals surface area contributed by atoms with Gasteiger partial charge in [0.25, 0.3) is 0 Å². The van der Waals surface area contributed by atoms with E-state index in [-0.39, 0.29) is 0 Å². The van der Waals surface area contributed by atoms with Crippen LogP contribution in [-0.4, -0.2) is 46.5 Å². The van der Waals surface area contributed by atoms with Crippen LogP contribution in [0.15, 0.2) is 30.3 Å². The summed E-state index contributed by atoms with van der Waals surface area (Å²) in [4.78, 5) is 24.0. The minimum atomic E-state index is -0.996. The zero-order chi connectivity index (χ0) is 23.4. The third kappa shape index (κ3) is 4.51. The summed E-state index contributed by atoms with van der Waals surface area (Å²) in [5, 5.41) is 0. The molecule has 0 radical (unpaired) electrons. The van der Waals surface area contributed by atoms with E-state index in [1.807, 2.05) is 0 Å². The van der Waals surface area contributed by atoms with E-state index in [9.17, 15) is 9.59 Å². The predicted molar refractivity (Wildman–Crippen MR) is 113 cm³/mol. The van der Waals surface area contributed by atoms with E-state index in [1.54, 1.807) is 30.3 Å². The number of methoxy groups -OCH3 is 4. The Morgan fingerprint density at radius 3 is 2.00 bits per heavy atom. The Morgan fingerprint density at radius 1 is 0.781 bits per heavy atom. The fourth-order valence-electron chi connectivity index (χ4n) is 3.68. The molecule has 0 saturated carbocycles. The number of fused-ring (bicyclic) bond motifs is 1. The number of carbonyl (C=O) groups excluding carboxylic acids is 2. The number of hydrogen-bond acceptors (Lipinski definition) is 9. The van der Waals surface area contributed by atoms with Gasteiger partial charge in [0.1, 0.15) is 17.2 Å². The molecule has 3 rings (SSSR count). The largest absolute Gasteiger partial charge is 0.496 e. The molecule has 2 aromatic rings. The van der Waals surface area contributed by atoms with Gasteiger partial charge in [0.15, 0.2) is 29.8 Å². The van der Waals surface area contributed by atoms with Crippen LogP contribution in [0.2, 0.25) is 0 Å². The van der Waals surface area contributed by atoms with E-state index in [4.69, 9.17) is 33.2 Å². The normalized spacial score (nSPS) is 19.1. The minimum Gasteiger partial charge on any atom is -0.496 e. The van der Waals surface area contributed by atoms with Crippen LogP contribution in [0.5, 0.6) is 28.7 Å². The first kappa shape index (κ1) is 23.1. The number of rotatable bonds is 7. The number of ether oxygens (including phenoxy) is 7. The van der Waals surface area contributed by atoms with Gasteiger partial charge in [-0.15, -0.1) is 0 Å². The van der Waals surface area contributed by atoms with Gasteiger partial charge in [-0.2, -0.15) is 0 Å². The van der Waals surface area contributed by atoms with Crippen molar-refractivity contribution in [1.29, 1.82) is 0 Å². The van der Waals surface area contributed by atoms with Crippen LogP contribution in [0.1, 0.15) is 37.2 Å². The molecule has 0 aromatic heterocycles. The molecular formula is C23H26O9. The fourth-order valence-corrected chi connectivity index (χ4v) is 3.68. The maximum atomic E-state index is 12.0. The number of carbonyl (C=O) groups is 2.